The summed E-state index contributed by atoms with van der Waals surface area (Å²) in [5.41, 5.74) is 0. The van der Waals surface area contributed by atoms with Gasteiger partial charge in [-0.05, 0) is 0 Å². The normalized spacial score (nSPS) is 17.4. The van der Waals surface area contributed by atoms with E-state index in [9.17, 15) is 39.5 Å². The number of alkyl halides is 9. The minimum atomic E-state index is -5.06. The van der Waals surface area contributed by atoms with E-state index in [4.69, 9.17) is 0 Å². The Hall–Kier alpha value is 1.85. The Labute approximate surface area is 108 Å². The Morgan fingerprint density at radius 1 is 0.529 bits per heavy atom. The molecule has 2 atom stereocenters. The molecule has 1 heterocycles. The third-order valence-electron chi connectivity index (χ3n) is 1.11. The quantitative estimate of drug-likeness (QED) is 0.301. The van der Waals surface area contributed by atoms with Gasteiger partial charge in [0.1, 0.15) is 0 Å². The van der Waals surface area contributed by atoms with Gasteiger partial charge in [0.05, 0.1) is 0 Å². The average Bonchev–Trinajstić information content (AvgIpc) is 2.42. The Balaban J connectivity index is 3.44. The number of hydrogen-bond donors (Lipinski definition) is 0. The maximum absolute atomic E-state index is 12.3. The zero-order valence-corrected chi connectivity index (χ0v) is 14.4. The van der Waals surface area contributed by atoms with Crippen molar-refractivity contribution in [2.24, 2.45) is 0 Å². The SMILES string of the molecule is FC(F)(F)p1[te]p(C(F)(F)F)p(C(F)(F)F)[te]1. The van der Waals surface area contributed by atoms with Gasteiger partial charge < -0.3 is 0 Å². The van der Waals surface area contributed by atoms with Crippen LogP contribution in [-0.4, -0.2) is 38.6 Å². The fourth-order valence-corrected chi connectivity index (χ4v) is 138. The van der Waals surface area contributed by atoms with E-state index >= 15 is 0 Å². The first-order valence-electron chi connectivity index (χ1n) is 3.30. The molecule has 0 bridgehead atoms. The predicted molar refractivity (Wildman–Crippen MR) is 50.0 cm³/mol. The summed E-state index contributed by atoms with van der Waals surface area (Å²) < 4.78 is 108. The molecule has 1 aromatic rings. The van der Waals surface area contributed by atoms with Crippen LogP contribution in [0.4, 0.5) is 39.5 Å². The second-order valence-corrected chi connectivity index (χ2v) is 41.9. The zero-order chi connectivity index (χ0) is 13.6. The first kappa shape index (κ1) is 16.9. The molecule has 1 aromatic heterocycles. The van der Waals surface area contributed by atoms with Crippen molar-refractivity contribution in [1.82, 2.24) is 0 Å². The van der Waals surface area contributed by atoms with Gasteiger partial charge in [0, 0.05) is 0 Å². The first-order chi connectivity index (χ1) is 7.33. The van der Waals surface area contributed by atoms with Crippen LogP contribution in [0.1, 0.15) is 0 Å². The van der Waals surface area contributed by atoms with E-state index in [2.05, 4.69) is 0 Å². The molecule has 0 amide bonds. The summed E-state index contributed by atoms with van der Waals surface area (Å²) in [6.45, 7) is 0. The van der Waals surface area contributed by atoms with Crippen molar-refractivity contribution in [3.8, 4) is 0 Å². The van der Waals surface area contributed by atoms with Gasteiger partial charge in [-0.25, -0.2) is 0 Å². The Morgan fingerprint density at radius 2 is 0.824 bits per heavy atom. The summed E-state index contributed by atoms with van der Waals surface area (Å²) in [7, 11) is 0. The molecule has 0 radical (unpaired) electrons. The van der Waals surface area contributed by atoms with E-state index in [1.165, 1.54) is 0 Å². The molecule has 0 N–H and O–H groups in total. The molecule has 0 aromatic carbocycles. The van der Waals surface area contributed by atoms with Crippen LogP contribution in [0.25, 0.3) is 0 Å². The van der Waals surface area contributed by atoms with Gasteiger partial charge in [-0.3, -0.25) is 0 Å². The molecule has 14 heteroatoms. The van der Waals surface area contributed by atoms with E-state index in [1.807, 2.05) is 0 Å². The zero-order valence-electron chi connectivity index (χ0n) is 7.06. The van der Waals surface area contributed by atoms with E-state index in [1.54, 1.807) is 0 Å². The molecule has 102 valence electrons. The van der Waals surface area contributed by atoms with Gasteiger partial charge in [-0.2, -0.15) is 0 Å². The number of halogens is 9. The monoisotopic (exact) mass is 560 g/mol. The Bertz CT molecular complexity index is 381. The van der Waals surface area contributed by atoms with Crippen molar-refractivity contribution in [3.05, 3.63) is 0 Å². The molecular formula is C3F9P3Te2. The summed E-state index contributed by atoms with van der Waals surface area (Å²) in [6.07, 6.45) is 0. The molecule has 0 fully saturated rings. The molecule has 0 saturated carbocycles. The fraction of sp³-hybridized carbons (Fsp3) is 1.00. The second kappa shape index (κ2) is 5.32. The summed E-state index contributed by atoms with van der Waals surface area (Å²) in [6, 6.07) is 0. The number of hydrogen-bond acceptors (Lipinski definition) is 0. The summed E-state index contributed by atoms with van der Waals surface area (Å²) in [4.78, 5) is -6.81. The molecule has 2 unspecified atom stereocenters. The molecule has 0 spiro atoms. The molecule has 0 aliphatic rings. The van der Waals surface area contributed by atoms with Crippen molar-refractivity contribution in [2.75, 3.05) is 0 Å². The summed E-state index contributed by atoms with van der Waals surface area (Å²) in [5, 5.41) is 0. The van der Waals surface area contributed by atoms with Crippen LogP contribution in [0, 0.1) is 0 Å². The van der Waals surface area contributed by atoms with Crippen molar-refractivity contribution in [3.63, 3.8) is 0 Å². The van der Waals surface area contributed by atoms with E-state index in [0.29, 0.717) is 0 Å². The van der Waals surface area contributed by atoms with Gasteiger partial charge in [-0.1, -0.05) is 0 Å². The molecule has 0 aliphatic carbocycles. The van der Waals surface area contributed by atoms with Crippen molar-refractivity contribution in [2.45, 2.75) is 17.8 Å². The van der Waals surface area contributed by atoms with Gasteiger partial charge in [0.15, 0.2) is 0 Å². The third-order valence-corrected chi connectivity index (χ3v) is 79.3. The summed E-state index contributed by atoms with van der Waals surface area (Å²) >= 11 is -5.26. The van der Waals surface area contributed by atoms with Gasteiger partial charge >= 0.3 is 108 Å². The van der Waals surface area contributed by atoms with Gasteiger partial charge in [0.2, 0.25) is 0 Å². The molecule has 0 aliphatic heterocycles. The minimum absolute atomic E-state index is 2.63. The van der Waals surface area contributed by atoms with Gasteiger partial charge in [0.25, 0.3) is 0 Å². The predicted octanol–water partition coefficient (Wildman–Crippen LogP) is 5.31. The second-order valence-electron chi connectivity index (χ2n) is 2.37. The Morgan fingerprint density at radius 3 is 1.00 bits per heavy atom. The third kappa shape index (κ3) is 4.42. The van der Waals surface area contributed by atoms with Crippen LogP contribution in [0.2, 0.25) is 0 Å². The maximum atomic E-state index is 12.3. The fourth-order valence-electron chi connectivity index (χ4n) is 0.613. The number of rotatable bonds is 0. The van der Waals surface area contributed by atoms with Crippen LogP contribution in [0.3, 0.4) is 0 Å². The molecule has 17 heavy (non-hydrogen) atoms. The average molecular weight is 555 g/mol. The first-order valence-corrected chi connectivity index (χ1v) is 20.2. The van der Waals surface area contributed by atoms with Crippen LogP contribution in [-0.2, 0) is 17.8 Å². The van der Waals surface area contributed by atoms with Crippen molar-refractivity contribution < 1.29 is 39.5 Å². The van der Waals surface area contributed by atoms with Crippen LogP contribution in [0.5, 0.6) is 0 Å². The summed E-state index contributed by atoms with van der Waals surface area (Å²) in [5.74, 6) is -14.9. The standard InChI is InChI=1S/C3F9P3Te2/c4-1(5,6)13-14(2(7,8)9)17-15(16-13)3(10,11)12. The molecule has 0 nitrogen and oxygen atoms in total. The molecule has 1 rings (SSSR count). The molecular weight excluding hydrogens is 555 g/mol. The van der Waals surface area contributed by atoms with Crippen molar-refractivity contribution in [1.29, 1.82) is 0 Å². The Kier molecular flexibility index (Phi) is 5.29. The van der Waals surface area contributed by atoms with Crippen LogP contribution < -0.4 is 0 Å². The molecule has 0 saturated heterocycles. The van der Waals surface area contributed by atoms with E-state index < -0.39 is 68.9 Å². The van der Waals surface area contributed by atoms with E-state index in [0.717, 1.165) is 0 Å². The van der Waals surface area contributed by atoms with Crippen LogP contribution >= 0.6 is 12.6 Å². The topological polar surface area (TPSA) is 0 Å². The van der Waals surface area contributed by atoms with E-state index in [-0.39, 0.29) is 0 Å². The van der Waals surface area contributed by atoms with Crippen LogP contribution in [0.15, 0.2) is 0 Å². The van der Waals surface area contributed by atoms with Crippen molar-refractivity contribution >= 4 is 51.2 Å². The van der Waals surface area contributed by atoms with Gasteiger partial charge in [-0.15, -0.1) is 0 Å².